The maximum Gasteiger partial charge on any atom is 0.271 e. The second kappa shape index (κ2) is 7.78. The minimum atomic E-state index is -0.383. The van der Waals surface area contributed by atoms with Crippen molar-refractivity contribution in [3.63, 3.8) is 0 Å². The molecule has 2 bridgehead atoms. The number of hydrogen-bond acceptors (Lipinski definition) is 4. The summed E-state index contributed by atoms with van der Waals surface area (Å²) in [7, 11) is 0. The first-order valence-electron chi connectivity index (χ1n) is 10.3. The number of imide groups is 1. The molecule has 2 aromatic rings. The average molecular weight is 434 g/mol. The van der Waals surface area contributed by atoms with E-state index in [2.05, 4.69) is 22.7 Å². The fourth-order valence-corrected chi connectivity index (χ4v) is 5.00. The highest BCUT2D eigenvalue weighted by atomic mass is 35.5. The van der Waals surface area contributed by atoms with Gasteiger partial charge in [0.25, 0.3) is 5.91 Å². The third-order valence-corrected chi connectivity index (χ3v) is 6.65. The molecule has 0 unspecified atom stereocenters. The number of allylic oxidation sites excluding steroid dienone is 2. The van der Waals surface area contributed by atoms with E-state index in [0.29, 0.717) is 16.3 Å². The Morgan fingerprint density at radius 1 is 0.935 bits per heavy atom. The number of amides is 3. The van der Waals surface area contributed by atoms with Gasteiger partial charge >= 0.3 is 0 Å². The molecule has 1 N–H and O–H groups in total. The number of benzene rings is 2. The van der Waals surface area contributed by atoms with Crippen LogP contribution in [0.5, 0.6) is 0 Å². The first-order chi connectivity index (χ1) is 15.0. The van der Waals surface area contributed by atoms with E-state index in [1.807, 2.05) is 0 Å². The molecular weight excluding hydrogens is 414 g/mol. The van der Waals surface area contributed by atoms with Crippen molar-refractivity contribution in [3.8, 4) is 0 Å². The molecule has 6 nitrogen and oxygen atoms in total. The lowest BCUT2D eigenvalue weighted by molar-refractivity contribution is -0.124. The molecule has 1 aliphatic heterocycles. The van der Waals surface area contributed by atoms with Crippen LogP contribution < -0.4 is 10.3 Å². The molecule has 1 saturated carbocycles. The number of hydrogen-bond donors (Lipinski definition) is 1. The molecule has 0 radical (unpaired) electrons. The molecule has 6 rings (SSSR count). The molecule has 7 heteroatoms. The first kappa shape index (κ1) is 19.7. The summed E-state index contributed by atoms with van der Waals surface area (Å²) in [6, 6.07) is 13.5. The molecule has 2 aromatic carbocycles. The normalized spacial score (nSPS) is 26.5. The van der Waals surface area contributed by atoms with Crippen LogP contribution in [0.3, 0.4) is 0 Å². The van der Waals surface area contributed by atoms with Gasteiger partial charge in [-0.3, -0.25) is 19.3 Å². The van der Waals surface area contributed by atoms with E-state index in [0.717, 1.165) is 18.4 Å². The minimum absolute atomic E-state index is 0.126. The van der Waals surface area contributed by atoms with Crippen molar-refractivity contribution in [2.45, 2.75) is 12.8 Å². The lowest BCUT2D eigenvalue weighted by Crippen LogP contribution is -2.38. The van der Waals surface area contributed by atoms with Crippen LogP contribution in [0.15, 0.2) is 65.8 Å². The highest BCUT2D eigenvalue weighted by molar-refractivity contribution is 6.30. The second-order valence-electron chi connectivity index (χ2n) is 8.15. The number of hydrazone groups is 1. The minimum Gasteiger partial charge on any atom is -0.274 e. The molecule has 3 aliphatic carbocycles. The fraction of sp³-hybridized carbons (Fsp3) is 0.250. The number of carbonyl (C=O) groups excluding carboxylic acids is 3. The third-order valence-electron chi connectivity index (χ3n) is 6.40. The smallest absolute Gasteiger partial charge is 0.271 e. The monoisotopic (exact) mass is 433 g/mol. The Morgan fingerprint density at radius 2 is 1.52 bits per heavy atom. The van der Waals surface area contributed by atoms with Gasteiger partial charge in [0.15, 0.2) is 0 Å². The summed E-state index contributed by atoms with van der Waals surface area (Å²) in [4.78, 5) is 39.7. The lowest BCUT2D eigenvalue weighted by atomic mass is 9.63. The Balaban J connectivity index is 1.28. The molecule has 1 heterocycles. The summed E-state index contributed by atoms with van der Waals surface area (Å²) < 4.78 is 0. The Kier molecular flexibility index (Phi) is 4.94. The maximum atomic E-state index is 13.0. The number of carbonyl (C=O) groups is 3. The Bertz CT molecular complexity index is 1080. The summed E-state index contributed by atoms with van der Waals surface area (Å²) in [5.41, 5.74) is 4.16. The lowest BCUT2D eigenvalue weighted by Gasteiger charge is -2.38. The number of nitrogens with one attached hydrogen (secondary N) is 1. The van der Waals surface area contributed by atoms with Gasteiger partial charge < -0.3 is 0 Å². The predicted molar refractivity (Wildman–Crippen MR) is 118 cm³/mol. The van der Waals surface area contributed by atoms with Crippen LogP contribution in [0.1, 0.15) is 28.8 Å². The van der Waals surface area contributed by atoms with Gasteiger partial charge in [0.1, 0.15) is 0 Å². The van der Waals surface area contributed by atoms with Gasteiger partial charge in [-0.1, -0.05) is 35.9 Å². The number of nitrogens with zero attached hydrogens (tertiary/aromatic N) is 2. The number of rotatable bonds is 4. The van der Waals surface area contributed by atoms with Crippen molar-refractivity contribution in [2.24, 2.45) is 28.8 Å². The SMILES string of the molecule is O=C(NN=Cc1ccc(Cl)cc1)c1ccc(N2C(=O)[C@@H]3[C@H](C2=O)[C@H]2C=C[C@H]3CC2)cc1. The Labute approximate surface area is 184 Å². The number of anilines is 1. The van der Waals surface area contributed by atoms with Crippen molar-refractivity contribution in [3.05, 3.63) is 76.8 Å². The second-order valence-corrected chi connectivity index (χ2v) is 8.59. The maximum absolute atomic E-state index is 13.0. The fourth-order valence-electron chi connectivity index (χ4n) is 4.87. The summed E-state index contributed by atoms with van der Waals surface area (Å²) in [6.07, 6.45) is 7.65. The van der Waals surface area contributed by atoms with Gasteiger partial charge in [0.2, 0.25) is 11.8 Å². The van der Waals surface area contributed by atoms with E-state index >= 15 is 0 Å². The van der Waals surface area contributed by atoms with Crippen LogP contribution in [-0.2, 0) is 9.59 Å². The zero-order valence-electron chi connectivity index (χ0n) is 16.6. The largest absolute Gasteiger partial charge is 0.274 e. The molecule has 0 spiro atoms. The van der Waals surface area contributed by atoms with E-state index < -0.39 is 0 Å². The zero-order valence-corrected chi connectivity index (χ0v) is 17.3. The van der Waals surface area contributed by atoms with Gasteiger partial charge in [-0.05, 0) is 66.6 Å². The highest BCUT2D eigenvalue weighted by Gasteiger charge is 2.56. The van der Waals surface area contributed by atoms with Crippen LogP contribution in [0.2, 0.25) is 5.02 Å². The molecule has 156 valence electrons. The van der Waals surface area contributed by atoms with Crippen molar-refractivity contribution < 1.29 is 14.4 Å². The molecule has 31 heavy (non-hydrogen) atoms. The topological polar surface area (TPSA) is 78.8 Å². The van der Waals surface area contributed by atoms with E-state index in [-0.39, 0.29) is 41.4 Å². The van der Waals surface area contributed by atoms with Crippen LogP contribution in [-0.4, -0.2) is 23.9 Å². The van der Waals surface area contributed by atoms with E-state index in [4.69, 9.17) is 11.6 Å². The Morgan fingerprint density at radius 3 is 2.06 bits per heavy atom. The van der Waals surface area contributed by atoms with Crippen LogP contribution >= 0.6 is 11.6 Å². The summed E-state index contributed by atoms with van der Waals surface area (Å²) in [5, 5.41) is 4.58. The van der Waals surface area contributed by atoms with Gasteiger partial charge in [-0.25, -0.2) is 5.43 Å². The van der Waals surface area contributed by atoms with Gasteiger partial charge in [-0.2, -0.15) is 5.10 Å². The standard InChI is InChI=1S/C24H20ClN3O3/c25-18-9-1-14(2-10-18)13-26-27-22(29)17-7-11-19(12-8-17)28-23(30)20-15-3-4-16(6-5-15)21(20)24(28)31/h1-4,7-13,15-16,20-21H,5-6H2,(H,27,29)/t15-,16-,20-,21+/m0/s1. The summed E-state index contributed by atoms with van der Waals surface area (Å²) >= 11 is 5.84. The quantitative estimate of drug-likeness (QED) is 0.344. The predicted octanol–water partition coefficient (Wildman–Crippen LogP) is 3.81. The van der Waals surface area contributed by atoms with Crippen molar-refractivity contribution in [2.75, 3.05) is 4.90 Å². The van der Waals surface area contributed by atoms with Crippen LogP contribution in [0.25, 0.3) is 0 Å². The van der Waals surface area contributed by atoms with Crippen molar-refractivity contribution in [1.29, 1.82) is 0 Å². The molecule has 4 atom stereocenters. The molecule has 0 aromatic heterocycles. The van der Waals surface area contributed by atoms with Crippen LogP contribution in [0.4, 0.5) is 5.69 Å². The summed E-state index contributed by atoms with van der Waals surface area (Å²) in [5.74, 6) is -0.827. The van der Waals surface area contributed by atoms with Crippen LogP contribution in [0, 0.1) is 23.7 Å². The third kappa shape index (κ3) is 3.47. The summed E-state index contributed by atoms with van der Waals surface area (Å²) in [6.45, 7) is 0. The van der Waals surface area contributed by atoms with E-state index in [9.17, 15) is 14.4 Å². The average Bonchev–Trinajstić information content (AvgIpc) is 3.08. The van der Waals surface area contributed by atoms with Crippen molar-refractivity contribution in [1.82, 2.24) is 5.43 Å². The highest BCUT2D eigenvalue weighted by Crippen LogP contribution is 2.50. The molecular formula is C24H20ClN3O3. The van der Waals surface area contributed by atoms with Gasteiger partial charge in [0.05, 0.1) is 23.7 Å². The molecule has 4 aliphatic rings. The number of fused-ring (bicyclic) bond motifs is 1. The van der Waals surface area contributed by atoms with Gasteiger partial charge in [0, 0.05) is 10.6 Å². The molecule has 2 fully saturated rings. The van der Waals surface area contributed by atoms with Crippen molar-refractivity contribution >= 4 is 41.2 Å². The van der Waals surface area contributed by atoms with E-state index in [1.165, 1.54) is 11.1 Å². The zero-order chi connectivity index (χ0) is 21.5. The Hall–Kier alpha value is -3.25. The molecule has 3 amide bonds. The number of halogens is 1. The van der Waals surface area contributed by atoms with E-state index in [1.54, 1.807) is 48.5 Å². The molecule has 1 saturated heterocycles. The first-order valence-corrected chi connectivity index (χ1v) is 10.7. The van der Waals surface area contributed by atoms with Gasteiger partial charge in [-0.15, -0.1) is 0 Å².